The summed E-state index contributed by atoms with van der Waals surface area (Å²) in [5.41, 5.74) is 3.76. The molecule has 0 aliphatic heterocycles. The predicted molar refractivity (Wildman–Crippen MR) is 81.6 cm³/mol. The van der Waals surface area contributed by atoms with Gasteiger partial charge in [-0.05, 0) is 43.2 Å². The van der Waals surface area contributed by atoms with E-state index < -0.39 is 11.9 Å². The van der Waals surface area contributed by atoms with Crippen LogP contribution in [0.1, 0.15) is 24.0 Å². The van der Waals surface area contributed by atoms with Gasteiger partial charge in [-0.1, -0.05) is 23.7 Å². The Morgan fingerprint density at radius 3 is 2.60 bits per heavy atom. The minimum Gasteiger partial charge on any atom is -0.481 e. The van der Waals surface area contributed by atoms with Crippen LogP contribution in [0.3, 0.4) is 0 Å². The van der Waals surface area contributed by atoms with E-state index in [2.05, 4.69) is 4.98 Å². The molecule has 1 atom stereocenters. The van der Waals surface area contributed by atoms with E-state index in [0.29, 0.717) is 0 Å². The predicted octanol–water partition coefficient (Wildman–Crippen LogP) is 4.47. The van der Waals surface area contributed by atoms with Gasteiger partial charge < -0.3 is 10.1 Å². The first kappa shape index (κ1) is 13.0. The minimum absolute atomic E-state index is 0.517. The van der Waals surface area contributed by atoms with Gasteiger partial charge in [0.05, 0.1) is 5.92 Å². The van der Waals surface area contributed by atoms with Gasteiger partial charge in [-0.25, -0.2) is 0 Å². The molecule has 0 saturated heterocycles. The summed E-state index contributed by atoms with van der Waals surface area (Å²) in [5, 5.41) is 11.9. The van der Waals surface area contributed by atoms with Crippen LogP contribution < -0.4 is 0 Å². The molecule has 0 bridgehead atoms. The Morgan fingerprint density at radius 1 is 1.20 bits per heavy atom. The van der Waals surface area contributed by atoms with Gasteiger partial charge in [0.25, 0.3) is 0 Å². The molecule has 20 heavy (non-hydrogen) atoms. The van der Waals surface area contributed by atoms with E-state index >= 15 is 0 Å². The maximum absolute atomic E-state index is 11.1. The van der Waals surface area contributed by atoms with Gasteiger partial charge in [0.1, 0.15) is 0 Å². The molecule has 0 amide bonds. The van der Waals surface area contributed by atoms with Crippen LogP contribution >= 0.6 is 11.6 Å². The molecule has 0 fully saturated rings. The highest BCUT2D eigenvalue weighted by Gasteiger charge is 2.15. The fourth-order valence-electron chi connectivity index (χ4n) is 2.46. The van der Waals surface area contributed by atoms with Gasteiger partial charge in [-0.3, -0.25) is 4.79 Å². The van der Waals surface area contributed by atoms with E-state index in [0.717, 1.165) is 38.0 Å². The molecule has 0 saturated carbocycles. The summed E-state index contributed by atoms with van der Waals surface area (Å²) in [4.78, 5) is 14.4. The number of aliphatic carboxylic acids is 1. The lowest BCUT2D eigenvalue weighted by Crippen LogP contribution is -2.06. The number of nitrogens with one attached hydrogen (secondary N) is 1. The second kappa shape index (κ2) is 4.53. The van der Waals surface area contributed by atoms with Crippen molar-refractivity contribution >= 4 is 39.4 Å². The number of hydrogen-bond donors (Lipinski definition) is 2. The first-order valence-corrected chi connectivity index (χ1v) is 6.79. The normalized spacial score (nSPS) is 12.9. The van der Waals surface area contributed by atoms with Gasteiger partial charge in [-0.2, -0.15) is 0 Å². The lowest BCUT2D eigenvalue weighted by atomic mass is 10.00. The molecule has 0 spiro atoms. The largest absolute Gasteiger partial charge is 0.481 e. The summed E-state index contributed by atoms with van der Waals surface area (Å²) in [5.74, 6) is -1.34. The zero-order valence-corrected chi connectivity index (χ0v) is 12.0. The van der Waals surface area contributed by atoms with Crippen molar-refractivity contribution in [2.45, 2.75) is 19.8 Å². The zero-order chi connectivity index (χ0) is 14.4. The molecule has 3 aromatic rings. The van der Waals surface area contributed by atoms with E-state index in [1.165, 1.54) is 0 Å². The quantitative estimate of drug-likeness (QED) is 0.730. The summed E-state index contributed by atoms with van der Waals surface area (Å²) in [6, 6.07) is 9.68. The molecule has 1 aromatic heterocycles. The third-order valence-electron chi connectivity index (χ3n) is 3.77. The third kappa shape index (κ3) is 1.95. The third-order valence-corrected chi connectivity index (χ3v) is 4.18. The van der Waals surface area contributed by atoms with Crippen LogP contribution in [0.25, 0.3) is 21.8 Å². The first-order valence-electron chi connectivity index (χ1n) is 6.41. The number of aromatic amines is 1. The molecule has 3 nitrogen and oxygen atoms in total. The molecule has 2 N–H and O–H groups in total. The van der Waals surface area contributed by atoms with Crippen LogP contribution in [-0.4, -0.2) is 16.1 Å². The molecule has 0 radical (unpaired) electrons. The van der Waals surface area contributed by atoms with Crippen molar-refractivity contribution in [1.29, 1.82) is 0 Å². The fourth-order valence-corrected chi connectivity index (χ4v) is 2.63. The van der Waals surface area contributed by atoms with Gasteiger partial charge in [-0.15, -0.1) is 0 Å². The molecular formula is C16H14ClNO2. The zero-order valence-electron chi connectivity index (χ0n) is 11.2. The summed E-state index contributed by atoms with van der Waals surface area (Å²) >= 11 is 6.18. The van der Waals surface area contributed by atoms with Crippen molar-refractivity contribution in [3.63, 3.8) is 0 Å². The van der Waals surface area contributed by atoms with E-state index in [-0.39, 0.29) is 0 Å². The Bertz CT molecular complexity index is 835. The van der Waals surface area contributed by atoms with Crippen molar-refractivity contribution in [1.82, 2.24) is 4.98 Å². The van der Waals surface area contributed by atoms with Crippen molar-refractivity contribution in [3.8, 4) is 0 Å². The number of carboxylic acid groups (broad SMARTS) is 1. The van der Waals surface area contributed by atoms with Crippen LogP contribution in [0.15, 0.2) is 30.3 Å². The summed E-state index contributed by atoms with van der Waals surface area (Å²) in [7, 11) is 0. The number of H-pyrrole nitrogens is 1. The van der Waals surface area contributed by atoms with Gasteiger partial charge in [0.2, 0.25) is 0 Å². The average molecular weight is 288 g/mol. The summed E-state index contributed by atoms with van der Waals surface area (Å²) in [6.45, 7) is 3.65. The van der Waals surface area contributed by atoms with Crippen molar-refractivity contribution in [2.75, 3.05) is 0 Å². The van der Waals surface area contributed by atoms with Gasteiger partial charge in [0.15, 0.2) is 0 Å². The Morgan fingerprint density at radius 2 is 1.90 bits per heavy atom. The Hall–Kier alpha value is -2.00. The molecule has 2 aromatic carbocycles. The van der Waals surface area contributed by atoms with Crippen molar-refractivity contribution < 1.29 is 9.90 Å². The minimum atomic E-state index is -0.820. The molecule has 0 aliphatic carbocycles. The average Bonchev–Trinajstić information content (AvgIpc) is 2.75. The second-order valence-corrected chi connectivity index (χ2v) is 5.54. The number of benzene rings is 2. The maximum Gasteiger partial charge on any atom is 0.310 e. The molecular weight excluding hydrogens is 274 g/mol. The highest BCUT2D eigenvalue weighted by Crippen LogP contribution is 2.31. The molecule has 0 aliphatic rings. The number of carboxylic acids is 1. The molecule has 0 unspecified atom stereocenters. The SMILES string of the molecule is Cc1cc2[nH]c3cc([C@H](C)C(=O)O)ccc3c2cc1Cl. The van der Waals surface area contributed by atoms with Crippen LogP contribution in [0.4, 0.5) is 0 Å². The van der Waals surface area contributed by atoms with E-state index in [9.17, 15) is 4.79 Å². The van der Waals surface area contributed by atoms with Crippen LogP contribution in [0, 0.1) is 6.92 Å². The number of fused-ring (bicyclic) bond motifs is 3. The fraction of sp³-hybridized carbons (Fsp3) is 0.188. The van der Waals surface area contributed by atoms with Crippen LogP contribution in [0.5, 0.6) is 0 Å². The van der Waals surface area contributed by atoms with Crippen molar-refractivity contribution in [3.05, 3.63) is 46.5 Å². The molecule has 4 heteroatoms. The lowest BCUT2D eigenvalue weighted by molar-refractivity contribution is -0.138. The van der Waals surface area contributed by atoms with Gasteiger partial charge in [0, 0.05) is 26.8 Å². The monoisotopic (exact) mass is 287 g/mol. The topological polar surface area (TPSA) is 53.1 Å². The number of carbonyl (C=O) groups is 1. The van der Waals surface area contributed by atoms with Crippen LogP contribution in [-0.2, 0) is 4.79 Å². The maximum atomic E-state index is 11.1. The number of aromatic nitrogens is 1. The van der Waals surface area contributed by atoms with Crippen molar-refractivity contribution in [2.24, 2.45) is 0 Å². The molecule has 3 rings (SSSR count). The highest BCUT2D eigenvalue weighted by atomic mass is 35.5. The van der Waals surface area contributed by atoms with E-state index in [4.69, 9.17) is 16.7 Å². The summed E-state index contributed by atoms with van der Waals surface area (Å²) in [6.07, 6.45) is 0. The smallest absolute Gasteiger partial charge is 0.310 e. The lowest BCUT2D eigenvalue weighted by Gasteiger charge is -2.06. The molecule has 1 heterocycles. The second-order valence-electron chi connectivity index (χ2n) is 5.14. The number of aryl methyl sites for hydroxylation is 1. The number of rotatable bonds is 2. The number of halogens is 1. The van der Waals surface area contributed by atoms with Gasteiger partial charge >= 0.3 is 5.97 Å². The standard InChI is InChI=1S/C16H14ClNO2/c1-8-5-14-12(7-13(8)17)11-4-3-10(6-15(11)18-14)9(2)16(19)20/h3-7,9,18H,1-2H3,(H,19,20)/t9-/m0/s1. The Balaban J connectivity index is 2.26. The number of hydrogen-bond acceptors (Lipinski definition) is 1. The first-order chi connectivity index (χ1) is 9.47. The Labute approximate surface area is 121 Å². The van der Waals surface area contributed by atoms with Crippen LogP contribution in [0.2, 0.25) is 5.02 Å². The molecule has 102 valence electrons. The van der Waals surface area contributed by atoms with E-state index in [1.54, 1.807) is 6.92 Å². The van der Waals surface area contributed by atoms with E-state index in [1.807, 2.05) is 37.3 Å². The highest BCUT2D eigenvalue weighted by molar-refractivity contribution is 6.32. The Kier molecular flexibility index (Phi) is 2.94. The summed E-state index contributed by atoms with van der Waals surface area (Å²) < 4.78 is 0.